The molecule has 0 heterocycles. The van der Waals surface area contributed by atoms with Crippen molar-refractivity contribution in [2.75, 3.05) is 0 Å². The summed E-state index contributed by atoms with van der Waals surface area (Å²) >= 11 is 0. The zero-order valence-electron chi connectivity index (χ0n) is 12.7. The summed E-state index contributed by atoms with van der Waals surface area (Å²) in [6, 6.07) is 5.72. The predicted octanol–water partition coefficient (Wildman–Crippen LogP) is 5.21. The van der Waals surface area contributed by atoms with Crippen LogP contribution in [0, 0.1) is 0 Å². The van der Waals surface area contributed by atoms with E-state index < -0.39 is 6.16 Å². The van der Waals surface area contributed by atoms with Gasteiger partial charge in [0.15, 0.2) is 0 Å². The quantitative estimate of drug-likeness (QED) is 0.383. The number of hydrogen-bond donors (Lipinski definition) is 1. The summed E-state index contributed by atoms with van der Waals surface area (Å²) in [5.41, 5.74) is 2.30. The lowest BCUT2D eigenvalue weighted by molar-refractivity contribution is 0.144. The Balaban J connectivity index is 2.73. The molecular weight excluding hydrogens is 252 g/mol. The molecule has 0 amide bonds. The van der Waals surface area contributed by atoms with E-state index >= 15 is 0 Å². The average Bonchev–Trinajstić information content (AvgIpc) is 2.40. The third kappa shape index (κ3) is 5.64. The molecule has 0 aromatic heterocycles. The third-order valence-corrected chi connectivity index (χ3v) is 3.48. The minimum Gasteiger partial charge on any atom is -0.449 e. The van der Waals surface area contributed by atoms with Gasteiger partial charge in [0.1, 0.15) is 5.75 Å². The fourth-order valence-corrected chi connectivity index (χ4v) is 2.49. The Kier molecular flexibility index (Phi) is 7.78. The molecule has 1 aromatic carbocycles. The predicted molar refractivity (Wildman–Crippen MR) is 81.6 cm³/mol. The van der Waals surface area contributed by atoms with Crippen LogP contribution in [0.3, 0.4) is 0 Å². The maximum atomic E-state index is 10.8. The normalized spacial score (nSPS) is 10.5. The zero-order chi connectivity index (χ0) is 14.8. The summed E-state index contributed by atoms with van der Waals surface area (Å²) in [4.78, 5) is 10.8. The lowest BCUT2D eigenvalue weighted by Gasteiger charge is -2.13. The van der Waals surface area contributed by atoms with Gasteiger partial charge in [-0.25, -0.2) is 4.79 Å². The number of hydrogen-bond acceptors (Lipinski definition) is 2. The second-order valence-corrected chi connectivity index (χ2v) is 5.18. The van der Waals surface area contributed by atoms with Crippen molar-refractivity contribution in [3.8, 4) is 5.75 Å². The second-order valence-electron chi connectivity index (χ2n) is 5.18. The molecule has 0 spiro atoms. The van der Waals surface area contributed by atoms with Gasteiger partial charge >= 0.3 is 6.16 Å². The maximum absolute atomic E-state index is 10.8. The van der Waals surface area contributed by atoms with E-state index in [4.69, 9.17) is 9.84 Å². The highest BCUT2D eigenvalue weighted by molar-refractivity contribution is 5.62. The molecule has 0 aliphatic rings. The summed E-state index contributed by atoms with van der Waals surface area (Å²) < 4.78 is 4.93. The van der Waals surface area contributed by atoms with Crippen LogP contribution < -0.4 is 4.74 Å². The molecule has 0 saturated carbocycles. The molecule has 20 heavy (non-hydrogen) atoms. The van der Waals surface area contributed by atoms with E-state index in [0.29, 0.717) is 5.75 Å². The van der Waals surface area contributed by atoms with Gasteiger partial charge in [-0.1, -0.05) is 58.1 Å². The summed E-state index contributed by atoms with van der Waals surface area (Å²) in [5, 5.41) is 8.83. The number of rotatable bonds is 9. The first kappa shape index (κ1) is 16.5. The molecule has 1 N–H and O–H groups in total. The van der Waals surface area contributed by atoms with Crippen LogP contribution in [0.4, 0.5) is 4.79 Å². The van der Waals surface area contributed by atoms with Gasteiger partial charge in [-0.3, -0.25) is 0 Å². The van der Waals surface area contributed by atoms with Crippen molar-refractivity contribution in [1.82, 2.24) is 0 Å². The summed E-state index contributed by atoms with van der Waals surface area (Å²) in [6.45, 7) is 4.34. The molecule has 1 aromatic rings. The van der Waals surface area contributed by atoms with E-state index in [-0.39, 0.29) is 0 Å². The number of ether oxygens (including phenoxy) is 1. The molecule has 0 unspecified atom stereocenters. The van der Waals surface area contributed by atoms with Crippen molar-refractivity contribution in [3.05, 3.63) is 29.3 Å². The fourth-order valence-electron chi connectivity index (χ4n) is 2.49. The van der Waals surface area contributed by atoms with E-state index in [1.54, 1.807) is 6.07 Å². The highest BCUT2D eigenvalue weighted by atomic mass is 16.7. The number of carbonyl (C=O) groups is 1. The van der Waals surface area contributed by atoms with Gasteiger partial charge in [-0.15, -0.1) is 0 Å². The summed E-state index contributed by atoms with van der Waals surface area (Å²) in [6.07, 6.45) is 7.75. The summed E-state index contributed by atoms with van der Waals surface area (Å²) in [7, 11) is 0. The highest BCUT2D eigenvalue weighted by Crippen LogP contribution is 2.26. The van der Waals surface area contributed by atoms with E-state index in [0.717, 1.165) is 31.2 Å². The minimum absolute atomic E-state index is 0.513. The molecule has 112 valence electrons. The van der Waals surface area contributed by atoms with Crippen LogP contribution in [0.1, 0.15) is 63.5 Å². The van der Waals surface area contributed by atoms with E-state index in [9.17, 15) is 4.79 Å². The smallest absolute Gasteiger partial charge is 0.449 e. The molecular formula is C17H26O3. The van der Waals surface area contributed by atoms with Crippen LogP contribution in [-0.4, -0.2) is 11.3 Å². The Morgan fingerprint density at radius 2 is 1.80 bits per heavy atom. The molecule has 0 aliphatic carbocycles. The molecule has 0 aliphatic heterocycles. The van der Waals surface area contributed by atoms with Crippen molar-refractivity contribution >= 4 is 6.16 Å². The lowest BCUT2D eigenvalue weighted by Crippen LogP contribution is -2.07. The van der Waals surface area contributed by atoms with Gasteiger partial charge in [0.2, 0.25) is 0 Å². The standard InChI is InChI=1S/C17H26O3/c1-3-5-6-7-8-12-15-14(10-4-2)11-9-13-16(15)20-17(18)19/h9,11,13H,3-8,10,12H2,1-2H3,(H,18,19). The Bertz CT molecular complexity index is 413. The Morgan fingerprint density at radius 1 is 1.05 bits per heavy atom. The Hall–Kier alpha value is -1.51. The van der Waals surface area contributed by atoms with Crippen molar-refractivity contribution in [3.63, 3.8) is 0 Å². The molecule has 0 bridgehead atoms. The molecule has 1 rings (SSSR count). The highest BCUT2D eigenvalue weighted by Gasteiger charge is 2.11. The number of benzene rings is 1. The zero-order valence-corrected chi connectivity index (χ0v) is 12.7. The number of carboxylic acid groups (broad SMARTS) is 1. The fraction of sp³-hybridized carbons (Fsp3) is 0.588. The number of aryl methyl sites for hydroxylation is 1. The van der Waals surface area contributed by atoms with Gasteiger partial charge in [0.25, 0.3) is 0 Å². The molecule has 3 heteroatoms. The largest absolute Gasteiger partial charge is 0.511 e. The van der Waals surface area contributed by atoms with Gasteiger partial charge in [-0.05, 0) is 36.5 Å². The maximum Gasteiger partial charge on any atom is 0.511 e. The van der Waals surface area contributed by atoms with Crippen molar-refractivity contribution in [2.24, 2.45) is 0 Å². The average molecular weight is 278 g/mol. The Labute approximate surface area is 122 Å². The van der Waals surface area contributed by atoms with Crippen LogP contribution >= 0.6 is 0 Å². The summed E-state index contributed by atoms with van der Waals surface area (Å²) in [5.74, 6) is 0.513. The molecule has 0 fully saturated rings. The van der Waals surface area contributed by atoms with Gasteiger partial charge in [0, 0.05) is 0 Å². The van der Waals surface area contributed by atoms with Crippen LogP contribution in [-0.2, 0) is 12.8 Å². The van der Waals surface area contributed by atoms with Gasteiger partial charge < -0.3 is 9.84 Å². The van der Waals surface area contributed by atoms with E-state index in [1.165, 1.54) is 31.2 Å². The van der Waals surface area contributed by atoms with Crippen molar-refractivity contribution < 1.29 is 14.6 Å². The van der Waals surface area contributed by atoms with Gasteiger partial charge in [0.05, 0.1) is 0 Å². The first-order chi connectivity index (χ1) is 9.69. The second kappa shape index (κ2) is 9.40. The SMILES string of the molecule is CCCCCCCc1c(CCC)cccc1OC(=O)O. The van der Waals surface area contributed by atoms with Gasteiger partial charge in [-0.2, -0.15) is 0 Å². The van der Waals surface area contributed by atoms with Crippen LogP contribution in [0.25, 0.3) is 0 Å². The topological polar surface area (TPSA) is 46.5 Å². The van der Waals surface area contributed by atoms with Crippen molar-refractivity contribution in [1.29, 1.82) is 0 Å². The first-order valence-electron chi connectivity index (χ1n) is 7.70. The monoisotopic (exact) mass is 278 g/mol. The van der Waals surface area contributed by atoms with Crippen molar-refractivity contribution in [2.45, 2.75) is 65.2 Å². The van der Waals surface area contributed by atoms with E-state index in [2.05, 4.69) is 19.9 Å². The molecule has 3 nitrogen and oxygen atoms in total. The van der Waals surface area contributed by atoms with Crippen LogP contribution in [0.5, 0.6) is 5.75 Å². The first-order valence-corrected chi connectivity index (χ1v) is 7.70. The minimum atomic E-state index is -1.23. The number of unbranched alkanes of at least 4 members (excludes halogenated alkanes) is 4. The van der Waals surface area contributed by atoms with Crippen LogP contribution in [0.2, 0.25) is 0 Å². The van der Waals surface area contributed by atoms with Crippen LogP contribution in [0.15, 0.2) is 18.2 Å². The molecule has 0 radical (unpaired) electrons. The molecule has 0 saturated heterocycles. The lowest BCUT2D eigenvalue weighted by atomic mass is 9.97. The van der Waals surface area contributed by atoms with E-state index in [1.807, 2.05) is 6.07 Å². The molecule has 0 atom stereocenters. The Morgan fingerprint density at radius 3 is 2.45 bits per heavy atom. The third-order valence-electron chi connectivity index (χ3n) is 3.48.